The van der Waals surface area contributed by atoms with Gasteiger partial charge in [-0.05, 0) is 24.5 Å². The molecule has 0 aliphatic carbocycles. The van der Waals surface area contributed by atoms with Crippen LogP contribution in [0.1, 0.15) is 10.4 Å². The summed E-state index contributed by atoms with van der Waals surface area (Å²) in [6, 6.07) is 6.77. The van der Waals surface area contributed by atoms with E-state index in [1.165, 1.54) is 11.8 Å². The van der Waals surface area contributed by atoms with Gasteiger partial charge in [0.2, 0.25) is 0 Å². The van der Waals surface area contributed by atoms with Crippen molar-refractivity contribution in [1.29, 1.82) is 0 Å². The molecule has 0 spiro atoms. The van der Waals surface area contributed by atoms with Gasteiger partial charge in [-0.15, -0.1) is 11.8 Å². The van der Waals surface area contributed by atoms with Gasteiger partial charge in [-0.2, -0.15) is 0 Å². The van der Waals surface area contributed by atoms with Crippen molar-refractivity contribution in [2.24, 2.45) is 0 Å². The number of fused-ring (bicyclic) bond motifs is 1. The molecule has 88 valence electrons. The third kappa shape index (κ3) is 2.19. The Labute approximate surface area is 103 Å². The van der Waals surface area contributed by atoms with Crippen LogP contribution >= 0.6 is 11.8 Å². The molecule has 1 aromatic heterocycles. The lowest BCUT2D eigenvalue weighted by Gasteiger charge is -2.06. The number of aromatic nitrogens is 1. The van der Waals surface area contributed by atoms with Gasteiger partial charge in [0.25, 0.3) is 0 Å². The number of ether oxygens (including phenoxy) is 1. The second kappa shape index (κ2) is 4.63. The standard InChI is InChI=1S/C12H11NO3S/c1-16-7-3-4-8-9(12(14)15)6-11(17-2)13-10(8)5-7/h3-6H,1-2H3,(H,14,15). The Morgan fingerprint density at radius 3 is 2.76 bits per heavy atom. The molecule has 0 aliphatic rings. The number of hydrogen-bond acceptors (Lipinski definition) is 4. The van der Waals surface area contributed by atoms with Gasteiger partial charge in [0.15, 0.2) is 0 Å². The van der Waals surface area contributed by atoms with Crippen molar-refractivity contribution in [3.63, 3.8) is 0 Å². The normalized spacial score (nSPS) is 10.5. The number of thioether (sulfide) groups is 1. The number of carboxylic acids is 1. The average Bonchev–Trinajstić information content (AvgIpc) is 2.36. The Hall–Kier alpha value is -1.75. The van der Waals surface area contributed by atoms with Crippen LogP contribution in [0.15, 0.2) is 29.3 Å². The van der Waals surface area contributed by atoms with Crippen molar-refractivity contribution in [3.05, 3.63) is 29.8 Å². The molecule has 2 rings (SSSR count). The first-order valence-electron chi connectivity index (χ1n) is 4.92. The van der Waals surface area contributed by atoms with Crippen LogP contribution in [-0.2, 0) is 0 Å². The molecule has 17 heavy (non-hydrogen) atoms. The van der Waals surface area contributed by atoms with E-state index in [2.05, 4.69) is 4.98 Å². The summed E-state index contributed by atoms with van der Waals surface area (Å²) in [4.78, 5) is 15.5. The van der Waals surface area contributed by atoms with Crippen LogP contribution in [0.5, 0.6) is 5.75 Å². The lowest BCUT2D eigenvalue weighted by Crippen LogP contribution is -2.00. The van der Waals surface area contributed by atoms with Crippen LogP contribution in [0.2, 0.25) is 0 Å². The van der Waals surface area contributed by atoms with Crippen LogP contribution in [0.3, 0.4) is 0 Å². The van der Waals surface area contributed by atoms with Gasteiger partial charge in [-0.25, -0.2) is 9.78 Å². The van der Waals surface area contributed by atoms with E-state index in [0.717, 1.165) is 0 Å². The molecule has 1 N–H and O–H groups in total. The predicted molar refractivity (Wildman–Crippen MR) is 67.0 cm³/mol. The van der Waals surface area contributed by atoms with Gasteiger partial charge < -0.3 is 9.84 Å². The van der Waals surface area contributed by atoms with E-state index in [1.807, 2.05) is 6.26 Å². The van der Waals surface area contributed by atoms with E-state index in [1.54, 1.807) is 31.4 Å². The minimum atomic E-state index is -0.946. The molecule has 0 unspecified atom stereocenters. The topological polar surface area (TPSA) is 59.4 Å². The molecular weight excluding hydrogens is 238 g/mol. The van der Waals surface area contributed by atoms with Gasteiger partial charge in [0.1, 0.15) is 5.75 Å². The molecule has 0 saturated heterocycles. The predicted octanol–water partition coefficient (Wildman–Crippen LogP) is 2.66. The molecule has 2 aromatic rings. The summed E-state index contributed by atoms with van der Waals surface area (Å²) in [5, 5.41) is 10.5. The summed E-state index contributed by atoms with van der Waals surface area (Å²) < 4.78 is 5.10. The van der Waals surface area contributed by atoms with Gasteiger partial charge >= 0.3 is 5.97 Å². The molecule has 0 saturated carbocycles. The number of nitrogens with zero attached hydrogens (tertiary/aromatic N) is 1. The molecule has 0 fully saturated rings. The fourth-order valence-corrected chi connectivity index (χ4v) is 2.02. The summed E-state index contributed by atoms with van der Waals surface area (Å²) in [6.45, 7) is 0. The molecule has 0 bridgehead atoms. The van der Waals surface area contributed by atoms with Crippen molar-refractivity contribution in [2.45, 2.75) is 5.03 Å². The number of pyridine rings is 1. The highest BCUT2D eigenvalue weighted by atomic mass is 32.2. The van der Waals surface area contributed by atoms with Crippen LogP contribution in [0.4, 0.5) is 0 Å². The average molecular weight is 249 g/mol. The quantitative estimate of drug-likeness (QED) is 0.847. The fraction of sp³-hybridized carbons (Fsp3) is 0.167. The Balaban J connectivity index is 2.75. The van der Waals surface area contributed by atoms with Crippen LogP contribution < -0.4 is 4.74 Å². The molecule has 0 amide bonds. The van der Waals surface area contributed by atoms with Crippen LogP contribution in [0.25, 0.3) is 10.9 Å². The smallest absolute Gasteiger partial charge is 0.336 e. The van der Waals surface area contributed by atoms with Crippen LogP contribution in [0, 0.1) is 0 Å². The molecular formula is C12H11NO3S. The Morgan fingerprint density at radius 2 is 2.18 bits per heavy atom. The van der Waals surface area contributed by atoms with Crippen LogP contribution in [-0.4, -0.2) is 29.4 Å². The zero-order chi connectivity index (χ0) is 12.4. The maximum absolute atomic E-state index is 11.2. The van der Waals surface area contributed by atoms with Gasteiger partial charge in [0, 0.05) is 11.5 Å². The van der Waals surface area contributed by atoms with E-state index in [9.17, 15) is 4.79 Å². The lowest BCUT2D eigenvalue weighted by atomic mass is 10.1. The molecule has 5 heteroatoms. The highest BCUT2D eigenvalue weighted by molar-refractivity contribution is 7.98. The number of hydrogen-bond donors (Lipinski definition) is 1. The van der Waals surface area contributed by atoms with Crippen molar-refractivity contribution in [2.75, 3.05) is 13.4 Å². The highest BCUT2D eigenvalue weighted by Gasteiger charge is 2.12. The second-order valence-corrected chi connectivity index (χ2v) is 4.23. The summed E-state index contributed by atoms with van der Waals surface area (Å²) in [5.41, 5.74) is 0.899. The Morgan fingerprint density at radius 1 is 1.41 bits per heavy atom. The molecule has 0 aliphatic heterocycles. The summed E-state index contributed by atoms with van der Waals surface area (Å²) in [6.07, 6.45) is 1.86. The van der Waals surface area contributed by atoms with E-state index in [0.29, 0.717) is 21.7 Å². The van der Waals surface area contributed by atoms with E-state index in [4.69, 9.17) is 9.84 Å². The number of rotatable bonds is 3. The zero-order valence-electron chi connectivity index (χ0n) is 9.43. The maximum atomic E-state index is 11.2. The first-order chi connectivity index (χ1) is 8.15. The SMILES string of the molecule is COc1ccc2c(C(=O)O)cc(SC)nc2c1. The van der Waals surface area contributed by atoms with E-state index < -0.39 is 5.97 Å². The number of benzene rings is 1. The maximum Gasteiger partial charge on any atom is 0.336 e. The fourth-order valence-electron chi connectivity index (χ4n) is 1.59. The van der Waals surface area contributed by atoms with Crippen molar-refractivity contribution < 1.29 is 14.6 Å². The molecule has 4 nitrogen and oxygen atoms in total. The minimum Gasteiger partial charge on any atom is -0.497 e. The molecule has 0 atom stereocenters. The minimum absolute atomic E-state index is 0.266. The summed E-state index contributed by atoms with van der Waals surface area (Å²) >= 11 is 1.41. The van der Waals surface area contributed by atoms with E-state index >= 15 is 0 Å². The van der Waals surface area contributed by atoms with E-state index in [-0.39, 0.29) is 5.56 Å². The molecule has 1 aromatic carbocycles. The highest BCUT2D eigenvalue weighted by Crippen LogP contribution is 2.26. The largest absolute Gasteiger partial charge is 0.497 e. The monoisotopic (exact) mass is 249 g/mol. The van der Waals surface area contributed by atoms with Crippen molar-refractivity contribution in [1.82, 2.24) is 4.98 Å². The molecule has 0 radical (unpaired) electrons. The number of aromatic carboxylic acids is 1. The number of carboxylic acid groups (broad SMARTS) is 1. The number of methoxy groups -OCH3 is 1. The second-order valence-electron chi connectivity index (χ2n) is 3.40. The van der Waals surface area contributed by atoms with Crippen molar-refractivity contribution >= 4 is 28.6 Å². The Bertz CT molecular complexity index is 578. The van der Waals surface area contributed by atoms with Gasteiger partial charge in [-0.3, -0.25) is 0 Å². The summed E-state index contributed by atoms with van der Waals surface area (Å²) in [5.74, 6) is -0.280. The third-order valence-corrected chi connectivity index (χ3v) is 3.06. The zero-order valence-corrected chi connectivity index (χ0v) is 10.2. The van der Waals surface area contributed by atoms with Crippen molar-refractivity contribution in [3.8, 4) is 5.75 Å². The first-order valence-corrected chi connectivity index (χ1v) is 6.14. The lowest BCUT2D eigenvalue weighted by molar-refractivity contribution is 0.0698. The van der Waals surface area contributed by atoms with Gasteiger partial charge in [-0.1, -0.05) is 0 Å². The van der Waals surface area contributed by atoms with Gasteiger partial charge in [0.05, 0.1) is 23.2 Å². The first kappa shape index (κ1) is 11.7. The number of carbonyl (C=O) groups is 1. The third-order valence-electron chi connectivity index (χ3n) is 2.43. The summed E-state index contributed by atoms with van der Waals surface area (Å²) in [7, 11) is 1.57. The Kier molecular flexibility index (Phi) is 3.19. The molecule has 1 heterocycles.